The molecule has 1 unspecified atom stereocenters. The molecule has 0 amide bonds. The van der Waals surface area contributed by atoms with E-state index >= 15 is 0 Å². The molecule has 1 atom stereocenters. The molecule has 1 N–H and O–H groups in total. The van der Waals surface area contributed by atoms with Gasteiger partial charge in [0.05, 0.1) is 0 Å². The fraction of sp³-hybridized carbons (Fsp3) is 0.750. The average molecular weight is 279 g/mol. The van der Waals surface area contributed by atoms with Crippen molar-refractivity contribution >= 4 is 0 Å². The molecule has 4 nitrogen and oxygen atoms in total. The maximum absolute atomic E-state index is 5.29. The van der Waals surface area contributed by atoms with E-state index in [-0.39, 0.29) is 11.6 Å². The van der Waals surface area contributed by atoms with E-state index in [1.54, 1.807) is 7.11 Å². The van der Waals surface area contributed by atoms with Gasteiger partial charge in [-0.1, -0.05) is 0 Å². The summed E-state index contributed by atoms with van der Waals surface area (Å²) < 4.78 is 5.29. The largest absolute Gasteiger partial charge is 0.374 e. The molecule has 1 rings (SSSR count). The molecule has 4 heteroatoms. The van der Waals surface area contributed by atoms with Gasteiger partial charge in [0.25, 0.3) is 0 Å². The van der Waals surface area contributed by atoms with Crippen molar-refractivity contribution in [3.63, 3.8) is 0 Å². The first-order chi connectivity index (χ1) is 9.24. The summed E-state index contributed by atoms with van der Waals surface area (Å²) in [7, 11) is 1.69. The van der Waals surface area contributed by atoms with Gasteiger partial charge in [0.15, 0.2) is 5.82 Å². The molecule has 0 spiro atoms. The fourth-order valence-electron chi connectivity index (χ4n) is 2.14. The van der Waals surface area contributed by atoms with Gasteiger partial charge in [0.1, 0.15) is 6.10 Å². The number of rotatable bonds is 6. The normalized spacial score (nSPS) is 13.6. The number of aromatic nitrogens is 2. The van der Waals surface area contributed by atoms with E-state index in [0.717, 1.165) is 36.6 Å². The van der Waals surface area contributed by atoms with Gasteiger partial charge in [-0.15, -0.1) is 0 Å². The summed E-state index contributed by atoms with van der Waals surface area (Å²) in [5, 5.41) is 3.51. The summed E-state index contributed by atoms with van der Waals surface area (Å²) in [5.74, 6) is 0.777. The van der Waals surface area contributed by atoms with Gasteiger partial charge in [0, 0.05) is 24.0 Å². The summed E-state index contributed by atoms with van der Waals surface area (Å²) in [6.07, 6.45) is 2.06. The van der Waals surface area contributed by atoms with Gasteiger partial charge in [0.2, 0.25) is 0 Å². The van der Waals surface area contributed by atoms with Crippen LogP contribution in [0.25, 0.3) is 0 Å². The molecule has 0 radical (unpaired) electrons. The van der Waals surface area contributed by atoms with Gasteiger partial charge in [-0.3, -0.25) is 0 Å². The molecule has 20 heavy (non-hydrogen) atoms. The smallest absolute Gasteiger partial charge is 0.157 e. The topological polar surface area (TPSA) is 47.0 Å². The van der Waals surface area contributed by atoms with Crippen molar-refractivity contribution in [2.75, 3.05) is 13.7 Å². The minimum atomic E-state index is -0.0518. The third kappa shape index (κ3) is 5.17. The molecule has 0 fully saturated rings. The number of ether oxygens (including phenoxy) is 1. The highest BCUT2D eigenvalue weighted by Crippen LogP contribution is 2.17. The second kappa shape index (κ2) is 7.14. The van der Waals surface area contributed by atoms with Gasteiger partial charge < -0.3 is 10.1 Å². The predicted molar refractivity (Wildman–Crippen MR) is 83.0 cm³/mol. The van der Waals surface area contributed by atoms with E-state index in [9.17, 15) is 0 Å². The van der Waals surface area contributed by atoms with Gasteiger partial charge >= 0.3 is 0 Å². The SMILES string of the molecule is COC(C)c1nc(C)c(CCCNC(C)(C)C)c(C)n1. The number of methoxy groups -OCH3 is 1. The lowest BCUT2D eigenvalue weighted by molar-refractivity contribution is 0.111. The van der Waals surface area contributed by atoms with Crippen LogP contribution in [0, 0.1) is 13.8 Å². The van der Waals surface area contributed by atoms with Crippen LogP contribution in [0.1, 0.15) is 63.0 Å². The van der Waals surface area contributed by atoms with Crippen molar-refractivity contribution in [3.8, 4) is 0 Å². The van der Waals surface area contributed by atoms with Crippen LogP contribution >= 0.6 is 0 Å². The maximum atomic E-state index is 5.29. The van der Waals surface area contributed by atoms with Crippen LogP contribution in [0.5, 0.6) is 0 Å². The average Bonchev–Trinajstić information content (AvgIpc) is 2.34. The van der Waals surface area contributed by atoms with Crippen LogP contribution in [-0.4, -0.2) is 29.2 Å². The minimum absolute atomic E-state index is 0.0518. The Balaban J connectivity index is 2.67. The Morgan fingerprint density at radius 1 is 1.15 bits per heavy atom. The Hall–Kier alpha value is -1.00. The first-order valence-electron chi connectivity index (χ1n) is 7.36. The van der Waals surface area contributed by atoms with Gasteiger partial charge in [-0.25, -0.2) is 9.97 Å². The summed E-state index contributed by atoms with van der Waals surface area (Å²) >= 11 is 0. The number of hydrogen-bond donors (Lipinski definition) is 1. The Morgan fingerprint density at radius 2 is 1.70 bits per heavy atom. The fourth-order valence-corrected chi connectivity index (χ4v) is 2.14. The highest BCUT2D eigenvalue weighted by molar-refractivity contribution is 5.25. The number of hydrogen-bond acceptors (Lipinski definition) is 4. The number of nitrogens with one attached hydrogen (secondary N) is 1. The van der Waals surface area contributed by atoms with E-state index < -0.39 is 0 Å². The standard InChI is InChI=1S/C16H29N3O/c1-11-14(9-8-10-17-16(4,5)6)12(2)19-15(18-11)13(3)20-7/h13,17H,8-10H2,1-7H3. The molecular formula is C16H29N3O. The Labute approximate surface area is 123 Å². The van der Waals surface area contributed by atoms with Crippen LogP contribution in [0.3, 0.4) is 0 Å². The minimum Gasteiger partial charge on any atom is -0.374 e. The summed E-state index contributed by atoms with van der Waals surface area (Å²) in [6, 6.07) is 0. The zero-order chi connectivity index (χ0) is 15.3. The van der Waals surface area contributed by atoms with Crippen molar-refractivity contribution in [3.05, 3.63) is 22.8 Å². The molecule has 1 heterocycles. The summed E-state index contributed by atoms with van der Waals surface area (Å²) in [6.45, 7) is 13.7. The van der Waals surface area contributed by atoms with Crippen LogP contribution in [0.4, 0.5) is 0 Å². The van der Waals surface area contributed by atoms with E-state index in [0.29, 0.717) is 0 Å². The first-order valence-corrected chi connectivity index (χ1v) is 7.36. The summed E-state index contributed by atoms with van der Waals surface area (Å²) in [4.78, 5) is 9.15. The predicted octanol–water partition coefficient (Wildman–Crippen LogP) is 3.12. The molecule has 1 aromatic heterocycles. The molecule has 0 aliphatic carbocycles. The van der Waals surface area contributed by atoms with Crippen LogP contribution in [0.15, 0.2) is 0 Å². The molecule has 0 aliphatic rings. The Morgan fingerprint density at radius 3 is 2.15 bits per heavy atom. The third-order valence-corrected chi connectivity index (χ3v) is 3.41. The van der Waals surface area contributed by atoms with Crippen molar-refractivity contribution in [1.29, 1.82) is 0 Å². The highest BCUT2D eigenvalue weighted by Gasteiger charge is 2.13. The highest BCUT2D eigenvalue weighted by atomic mass is 16.5. The second-order valence-corrected chi connectivity index (χ2v) is 6.39. The second-order valence-electron chi connectivity index (χ2n) is 6.39. The molecule has 1 aromatic rings. The van der Waals surface area contributed by atoms with Crippen molar-refractivity contribution < 1.29 is 4.74 Å². The van der Waals surface area contributed by atoms with Crippen LogP contribution < -0.4 is 5.32 Å². The molecule has 0 aromatic carbocycles. The van der Waals surface area contributed by atoms with Crippen molar-refractivity contribution in [2.45, 2.75) is 66.0 Å². The molecule has 0 saturated heterocycles. The van der Waals surface area contributed by atoms with E-state index in [2.05, 4.69) is 49.9 Å². The lowest BCUT2D eigenvalue weighted by atomic mass is 10.0. The van der Waals surface area contributed by atoms with Crippen molar-refractivity contribution in [1.82, 2.24) is 15.3 Å². The monoisotopic (exact) mass is 279 g/mol. The van der Waals surface area contributed by atoms with Crippen LogP contribution in [-0.2, 0) is 11.2 Å². The zero-order valence-electron chi connectivity index (χ0n) is 14.0. The Bertz CT molecular complexity index is 415. The molecule has 114 valence electrons. The summed E-state index contributed by atoms with van der Waals surface area (Å²) in [5.41, 5.74) is 3.60. The number of nitrogens with zero attached hydrogens (tertiary/aromatic N) is 2. The first kappa shape index (κ1) is 17.1. The zero-order valence-corrected chi connectivity index (χ0v) is 14.0. The van der Waals surface area contributed by atoms with E-state index in [1.807, 2.05) is 6.92 Å². The van der Waals surface area contributed by atoms with E-state index in [4.69, 9.17) is 4.74 Å². The lowest BCUT2D eigenvalue weighted by Gasteiger charge is -2.20. The van der Waals surface area contributed by atoms with Crippen LogP contribution in [0.2, 0.25) is 0 Å². The van der Waals surface area contributed by atoms with Gasteiger partial charge in [-0.2, -0.15) is 0 Å². The maximum Gasteiger partial charge on any atom is 0.157 e. The number of aryl methyl sites for hydroxylation is 2. The third-order valence-electron chi connectivity index (χ3n) is 3.41. The van der Waals surface area contributed by atoms with E-state index in [1.165, 1.54) is 5.56 Å². The molecule has 0 saturated carbocycles. The quantitative estimate of drug-likeness (QED) is 0.813. The van der Waals surface area contributed by atoms with Crippen molar-refractivity contribution in [2.24, 2.45) is 0 Å². The van der Waals surface area contributed by atoms with Gasteiger partial charge in [-0.05, 0) is 66.5 Å². The molecule has 0 aliphatic heterocycles. The Kier molecular flexibility index (Phi) is 6.08. The molecular weight excluding hydrogens is 250 g/mol. The molecule has 0 bridgehead atoms. The lowest BCUT2D eigenvalue weighted by Crippen LogP contribution is -2.36.